The second-order valence-corrected chi connectivity index (χ2v) is 10.5. The molecular formula is C19H15BrSi. The molecule has 0 nitrogen and oxygen atoms in total. The highest BCUT2D eigenvalue weighted by Gasteiger charge is 2.43. The van der Waals surface area contributed by atoms with Crippen LogP contribution in [-0.4, -0.2) is 8.07 Å². The maximum absolute atomic E-state index is 3.76. The van der Waals surface area contributed by atoms with E-state index >= 15 is 0 Å². The first-order valence-electron chi connectivity index (χ1n) is 7.17. The molecule has 0 amide bonds. The molecule has 4 rings (SSSR count). The maximum Gasteiger partial charge on any atom is 0.147 e. The molecule has 1 aliphatic rings. The standard InChI is InChI=1S/C19H15BrSi/c1-21(14-8-3-2-4-9-14)17-12-6-5-10-15(17)19-16(20)11-7-13-18(19)21/h2-13H,1H3. The molecule has 0 aromatic heterocycles. The van der Waals surface area contributed by atoms with Gasteiger partial charge in [0.15, 0.2) is 0 Å². The number of fused-ring (bicyclic) bond motifs is 3. The predicted octanol–water partition coefficient (Wildman–Crippen LogP) is 3.53. The summed E-state index contributed by atoms with van der Waals surface area (Å²) in [5.74, 6) is 0. The zero-order chi connectivity index (χ0) is 14.4. The van der Waals surface area contributed by atoms with E-state index in [4.69, 9.17) is 0 Å². The average molecular weight is 351 g/mol. The smallest absolute Gasteiger partial charge is 0.0624 e. The Kier molecular flexibility index (Phi) is 2.91. The Labute approximate surface area is 134 Å². The van der Waals surface area contributed by atoms with Crippen LogP contribution in [0.4, 0.5) is 0 Å². The van der Waals surface area contributed by atoms with Gasteiger partial charge in [-0.15, -0.1) is 0 Å². The Morgan fingerprint density at radius 1 is 0.714 bits per heavy atom. The van der Waals surface area contributed by atoms with Crippen LogP contribution in [-0.2, 0) is 0 Å². The normalized spacial score (nSPS) is 19.1. The predicted molar refractivity (Wildman–Crippen MR) is 96.5 cm³/mol. The third-order valence-corrected chi connectivity index (χ3v) is 9.79. The molecule has 1 atom stereocenters. The molecule has 102 valence electrons. The van der Waals surface area contributed by atoms with Crippen molar-refractivity contribution in [3.8, 4) is 11.1 Å². The first-order chi connectivity index (χ1) is 10.2. The molecule has 0 saturated heterocycles. The van der Waals surface area contributed by atoms with E-state index in [1.165, 1.54) is 31.2 Å². The molecular weight excluding hydrogens is 336 g/mol. The van der Waals surface area contributed by atoms with E-state index in [0.717, 1.165) is 0 Å². The lowest BCUT2D eigenvalue weighted by Crippen LogP contribution is -2.62. The lowest BCUT2D eigenvalue weighted by atomic mass is 10.1. The molecule has 0 spiro atoms. The van der Waals surface area contributed by atoms with Crippen LogP contribution in [0.15, 0.2) is 77.3 Å². The van der Waals surface area contributed by atoms with E-state index in [0.29, 0.717) is 0 Å². The van der Waals surface area contributed by atoms with E-state index in [1.54, 1.807) is 0 Å². The Balaban J connectivity index is 2.13. The lowest BCUT2D eigenvalue weighted by molar-refractivity contribution is 1.66. The van der Waals surface area contributed by atoms with Gasteiger partial charge in [-0.3, -0.25) is 0 Å². The quantitative estimate of drug-likeness (QED) is 0.589. The molecule has 3 aromatic rings. The van der Waals surface area contributed by atoms with Gasteiger partial charge in [0.1, 0.15) is 8.07 Å². The van der Waals surface area contributed by atoms with Gasteiger partial charge in [-0.1, -0.05) is 89.2 Å². The van der Waals surface area contributed by atoms with Gasteiger partial charge < -0.3 is 0 Å². The molecule has 0 radical (unpaired) electrons. The summed E-state index contributed by atoms with van der Waals surface area (Å²) in [5.41, 5.74) is 2.80. The van der Waals surface area contributed by atoms with Crippen LogP contribution in [0, 0.1) is 0 Å². The second-order valence-electron chi connectivity index (χ2n) is 5.70. The van der Waals surface area contributed by atoms with Crippen molar-refractivity contribution < 1.29 is 0 Å². The van der Waals surface area contributed by atoms with Gasteiger partial charge in [-0.2, -0.15) is 0 Å². The van der Waals surface area contributed by atoms with Crippen molar-refractivity contribution in [2.45, 2.75) is 6.55 Å². The highest BCUT2D eigenvalue weighted by atomic mass is 79.9. The Hall–Kier alpha value is -1.64. The van der Waals surface area contributed by atoms with Crippen molar-refractivity contribution in [1.82, 2.24) is 0 Å². The van der Waals surface area contributed by atoms with Crippen LogP contribution in [0.25, 0.3) is 11.1 Å². The molecule has 0 aliphatic carbocycles. The minimum atomic E-state index is -1.87. The van der Waals surface area contributed by atoms with Crippen molar-refractivity contribution in [3.63, 3.8) is 0 Å². The van der Waals surface area contributed by atoms with Crippen LogP contribution in [0.1, 0.15) is 0 Å². The van der Waals surface area contributed by atoms with Gasteiger partial charge in [-0.05, 0) is 32.8 Å². The van der Waals surface area contributed by atoms with Crippen LogP contribution < -0.4 is 15.6 Å². The highest BCUT2D eigenvalue weighted by molar-refractivity contribution is 9.10. The van der Waals surface area contributed by atoms with Gasteiger partial charge in [-0.25, -0.2) is 0 Å². The molecule has 0 bridgehead atoms. The van der Waals surface area contributed by atoms with Crippen LogP contribution in [0.2, 0.25) is 6.55 Å². The summed E-state index contributed by atoms with van der Waals surface area (Å²) in [4.78, 5) is 0. The highest BCUT2D eigenvalue weighted by Crippen LogP contribution is 2.33. The number of benzene rings is 3. The maximum atomic E-state index is 3.76. The Bertz CT molecular complexity index is 826. The minimum Gasteiger partial charge on any atom is -0.0624 e. The summed E-state index contributed by atoms with van der Waals surface area (Å²) >= 11 is 3.76. The monoisotopic (exact) mass is 350 g/mol. The third kappa shape index (κ3) is 1.73. The number of hydrogen-bond acceptors (Lipinski definition) is 0. The van der Waals surface area contributed by atoms with Crippen LogP contribution >= 0.6 is 15.9 Å². The fraction of sp³-hybridized carbons (Fsp3) is 0.0526. The lowest BCUT2D eigenvalue weighted by Gasteiger charge is -2.25. The molecule has 2 heteroatoms. The molecule has 0 fully saturated rings. The Morgan fingerprint density at radius 3 is 2.19 bits per heavy atom. The molecule has 1 heterocycles. The number of rotatable bonds is 1. The van der Waals surface area contributed by atoms with Crippen molar-refractivity contribution in [1.29, 1.82) is 0 Å². The summed E-state index contributed by atoms with van der Waals surface area (Å²) in [6.07, 6.45) is 0. The molecule has 0 N–H and O–H groups in total. The number of hydrogen-bond donors (Lipinski definition) is 0. The van der Waals surface area contributed by atoms with Crippen molar-refractivity contribution in [2.24, 2.45) is 0 Å². The van der Waals surface area contributed by atoms with Crippen molar-refractivity contribution in [3.05, 3.63) is 77.3 Å². The van der Waals surface area contributed by atoms with E-state index in [2.05, 4.69) is 95.3 Å². The average Bonchev–Trinajstić information content (AvgIpc) is 2.81. The van der Waals surface area contributed by atoms with Gasteiger partial charge in [0.05, 0.1) is 0 Å². The summed E-state index contributed by atoms with van der Waals surface area (Å²) in [5, 5.41) is 4.52. The first kappa shape index (κ1) is 13.1. The molecule has 1 unspecified atom stereocenters. The fourth-order valence-corrected chi connectivity index (χ4v) is 8.49. The van der Waals surface area contributed by atoms with E-state index in [-0.39, 0.29) is 0 Å². The van der Waals surface area contributed by atoms with Crippen molar-refractivity contribution in [2.75, 3.05) is 0 Å². The first-order valence-corrected chi connectivity index (χ1v) is 10.5. The van der Waals surface area contributed by atoms with E-state index < -0.39 is 8.07 Å². The van der Waals surface area contributed by atoms with Crippen molar-refractivity contribution >= 4 is 39.6 Å². The third-order valence-electron chi connectivity index (χ3n) is 4.64. The van der Waals surface area contributed by atoms with E-state index in [9.17, 15) is 0 Å². The van der Waals surface area contributed by atoms with Gasteiger partial charge >= 0.3 is 0 Å². The molecule has 3 aromatic carbocycles. The topological polar surface area (TPSA) is 0 Å². The molecule has 1 aliphatic heterocycles. The Morgan fingerprint density at radius 2 is 1.38 bits per heavy atom. The van der Waals surface area contributed by atoms with Gasteiger partial charge in [0, 0.05) is 4.47 Å². The SMILES string of the molecule is C[Si]1(c2ccccc2)c2ccccc2-c2c(Br)cccc21. The summed E-state index contributed by atoms with van der Waals surface area (Å²) in [6.45, 7) is 2.47. The molecule has 21 heavy (non-hydrogen) atoms. The molecule has 0 saturated carbocycles. The van der Waals surface area contributed by atoms with Crippen LogP contribution in [0.3, 0.4) is 0 Å². The zero-order valence-electron chi connectivity index (χ0n) is 11.8. The summed E-state index contributed by atoms with van der Waals surface area (Å²) in [7, 11) is -1.87. The van der Waals surface area contributed by atoms with E-state index in [1.807, 2.05) is 0 Å². The van der Waals surface area contributed by atoms with Crippen LogP contribution in [0.5, 0.6) is 0 Å². The zero-order valence-corrected chi connectivity index (χ0v) is 14.4. The fourth-order valence-electron chi connectivity index (χ4n) is 3.58. The minimum absolute atomic E-state index is 1.21. The largest absolute Gasteiger partial charge is 0.147 e. The second kappa shape index (κ2) is 4.69. The summed E-state index contributed by atoms with van der Waals surface area (Å²) in [6, 6.07) is 26.5. The van der Waals surface area contributed by atoms with Gasteiger partial charge in [0.2, 0.25) is 0 Å². The number of halogens is 1. The summed E-state index contributed by atoms with van der Waals surface area (Å²) < 4.78 is 1.21. The van der Waals surface area contributed by atoms with Gasteiger partial charge in [0.25, 0.3) is 0 Å².